The van der Waals surface area contributed by atoms with Crippen LogP contribution in [0.3, 0.4) is 0 Å². The number of nitrogens with one attached hydrogen (secondary N) is 1. The van der Waals surface area contributed by atoms with Gasteiger partial charge in [0, 0.05) is 19.0 Å². The van der Waals surface area contributed by atoms with E-state index in [-0.39, 0.29) is 24.4 Å². The number of hydrogen-bond donors (Lipinski definition) is 1. The van der Waals surface area contributed by atoms with E-state index in [0.29, 0.717) is 6.42 Å². The van der Waals surface area contributed by atoms with Gasteiger partial charge in [-0.2, -0.15) is 0 Å². The van der Waals surface area contributed by atoms with Crippen LogP contribution in [0.25, 0.3) is 0 Å². The fraction of sp³-hybridized carbons (Fsp3) is 0.556. The number of carbonyl (C=O) groups excluding carboxylic acids is 2. The molecule has 1 aliphatic heterocycles. The van der Waals surface area contributed by atoms with Crippen molar-refractivity contribution in [3.63, 3.8) is 0 Å². The van der Waals surface area contributed by atoms with Crippen molar-refractivity contribution in [1.29, 1.82) is 0 Å². The summed E-state index contributed by atoms with van der Waals surface area (Å²) in [6, 6.07) is 10.6. The zero-order valence-electron chi connectivity index (χ0n) is 13.4. The molecule has 1 atom stereocenters. The van der Waals surface area contributed by atoms with E-state index in [2.05, 4.69) is 17.4 Å². The molecule has 2 amide bonds. The summed E-state index contributed by atoms with van der Waals surface area (Å²) in [6.07, 6.45) is 5.46. The van der Waals surface area contributed by atoms with Crippen molar-refractivity contribution < 1.29 is 9.59 Å². The van der Waals surface area contributed by atoms with Crippen LogP contribution in [-0.2, 0) is 16.0 Å². The predicted molar refractivity (Wildman–Crippen MR) is 87.4 cm³/mol. The second kappa shape index (κ2) is 8.57. The van der Waals surface area contributed by atoms with E-state index in [4.69, 9.17) is 0 Å². The minimum absolute atomic E-state index is 0.0348. The van der Waals surface area contributed by atoms with Gasteiger partial charge < -0.3 is 10.2 Å². The van der Waals surface area contributed by atoms with Crippen LogP contribution in [0.2, 0.25) is 0 Å². The molecule has 0 aromatic heterocycles. The number of carbonyl (C=O) groups is 2. The number of amides is 2. The lowest BCUT2D eigenvalue weighted by molar-refractivity contribution is -0.136. The summed E-state index contributed by atoms with van der Waals surface area (Å²) in [6.45, 7) is 2.89. The van der Waals surface area contributed by atoms with E-state index >= 15 is 0 Å². The molecule has 1 aromatic carbocycles. The molecular formula is C18H26N2O2. The smallest absolute Gasteiger partial charge is 0.242 e. The Morgan fingerprint density at radius 1 is 1.23 bits per heavy atom. The molecule has 1 N–H and O–H groups in total. The maximum absolute atomic E-state index is 12.4. The second-order valence-corrected chi connectivity index (χ2v) is 5.95. The number of nitrogens with zero attached hydrogens (tertiary/aromatic N) is 1. The minimum Gasteiger partial charge on any atom is -0.347 e. The zero-order chi connectivity index (χ0) is 15.8. The third-order valence-electron chi connectivity index (χ3n) is 4.18. The molecule has 22 heavy (non-hydrogen) atoms. The molecule has 0 aliphatic carbocycles. The Bertz CT molecular complexity index is 487. The number of hydrogen-bond acceptors (Lipinski definition) is 2. The average molecular weight is 302 g/mol. The second-order valence-electron chi connectivity index (χ2n) is 5.95. The summed E-state index contributed by atoms with van der Waals surface area (Å²) in [4.78, 5) is 25.9. The van der Waals surface area contributed by atoms with Gasteiger partial charge in [0.2, 0.25) is 11.8 Å². The van der Waals surface area contributed by atoms with E-state index in [0.717, 1.165) is 32.2 Å². The van der Waals surface area contributed by atoms with E-state index in [1.165, 1.54) is 12.0 Å². The molecule has 0 radical (unpaired) electrons. The topological polar surface area (TPSA) is 49.4 Å². The summed E-state index contributed by atoms with van der Waals surface area (Å²) in [5.41, 5.74) is 1.27. The molecule has 1 fully saturated rings. The lowest BCUT2D eigenvalue weighted by atomic mass is 9.95. The van der Waals surface area contributed by atoms with Crippen molar-refractivity contribution in [2.24, 2.45) is 0 Å². The zero-order valence-corrected chi connectivity index (χ0v) is 13.4. The van der Waals surface area contributed by atoms with Crippen molar-refractivity contribution in [3.05, 3.63) is 35.9 Å². The van der Waals surface area contributed by atoms with E-state index in [9.17, 15) is 9.59 Å². The third kappa shape index (κ3) is 4.86. The van der Waals surface area contributed by atoms with Gasteiger partial charge in [-0.25, -0.2) is 0 Å². The molecule has 0 unspecified atom stereocenters. The predicted octanol–water partition coefficient (Wildman–Crippen LogP) is 2.53. The lowest BCUT2D eigenvalue weighted by Gasteiger charge is -2.36. The van der Waals surface area contributed by atoms with Gasteiger partial charge in [0.05, 0.1) is 6.54 Å². The summed E-state index contributed by atoms with van der Waals surface area (Å²) >= 11 is 0. The van der Waals surface area contributed by atoms with Gasteiger partial charge in [-0.05, 0) is 37.7 Å². The van der Waals surface area contributed by atoms with Crippen molar-refractivity contribution in [2.75, 3.05) is 13.1 Å². The first-order valence-electron chi connectivity index (χ1n) is 8.30. The fourth-order valence-corrected chi connectivity index (χ4v) is 3.02. The normalized spacial score (nSPS) is 18.0. The monoisotopic (exact) mass is 302 g/mol. The molecule has 120 valence electrons. The van der Waals surface area contributed by atoms with Crippen LogP contribution >= 0.6 is 0 Å². The quantitative estimate of drug-likeness (QED) is 0.878. The molecular weight excluding hydrogens is 276 g/mol. The number of rotatable bonds is 6. The summed E-state index contributed by atoms with van der Waals surface area (Å²) < 4.78 is 0. The Kier molecular flexibility index (Phi) is 6.44. The molecule has 0 bridgehead atoms. The molecule has 1 saturated heterocycles. The van der Waals surface area contributed by atoms with Gasteiger partial charge in [0.1, 0.15) is 0 Å². The SMILES string of the molecule is CCCC(=O)NCC(=O)N1CCCC[C@H]1Cc1ccccc1. The van der Waals surface area contributed by atoms with E-state index < -0.39 is 0 Å². The van der Waals surface area contributed by atoms with Crippen molar-refractivity contribution >= 4 is 11.8 Å². The van der Waals surface area contributed by atoms with Crippen LogP contribution < -0.4 is 5.32 Å². The van der Waals surface area contributed by atoms with Crippen LogP contribution in [0.5, 0.6) is 0 Å². The molecule has 4 heteroatoms. The number of likely N-dealkylation sites (tertiary alicyclic amines) is 1. The largest absolute Gasteiger partial charge is 0.347 e. The first-order chi connectivity index (χ1) is 10.7. The van der Waals surface area contributed by atoms with Crippen LogP contribution in [0.1, 0.15) is 44.6 Å². The van der Waals surface area contributed by atoms with E-state index in [1.807, 2.05) is 30.0 Å². The summed E-state index contributed by atoms with van der Waals surface area (Å²) in [5, 5.41) is 2.73. The molecule has 1 heterocycles. The van der Waals surface area contributed by atoms with Gasteiger partial charge in [-0.1, -0.05) is 37.3 Å². The number of piperidine rings is 1. The van der Waals surface area contributed by atoms with Crippen LogP contribution in [-0.4, -0.2) is 35.8 Å². The van der Waals surface area contributed by atoms with Crippen molar-refractivity contribution in [2.45, 2.75) is 51.5 Å². The van der Waals surface area contributed by atoms with Crippen molar-refractivity contribution in [1.82, 2.24) is 10.2 Å². The maximum Gasteiger partial charge on any atom is 0.242 e. The molecule has 0 saturated carbocycles. The highest BCUT2D eigenvalue weighted by Gasteiger charge is 2.26. The summed E-state index contributed by atoms with van der Waals surface area (Å²) in [7, 11) is 0. The van der Waals surface area contributed by atoms with Gasteiger partial charge in [0.25, 0.3) is 0 Å². The fourth-order valence-electron chi connectivity index (χ4n) is 3.02. The Morgan fingerprint density at radius 3 is 2.73 bits per heavy atom. The first-order valence-corrected chi connectivity index (χ1v) is 8.30. The minimum atomic E-state index is -0.0348. The lowest BCUT2D eigenvalue weighted by Crippen LogP contribution is -2.48. The molecule has 4 nitrogen and oxygen atoms in total. The molecule has 2 rings (SSSR count). The Balaban J connectivity index is 1.91. The van der Waals surface area contributed by atoms with Crippen molar-refractivity contribution in [3.8, 4) is 0 Å². The van der Waals surface area contributed by atoms with Crippen LogP contribution in [0, 0.1) is 0 Å². The third-order valence-corrected chi connectivity index (χ3v) is 4.18. The van der Waals surface area contributed by atoms with Gasteiger partial charge in [-0.3, -0.25) is 9.59 Å². The number of benzene rings is 1. The Hall–Kier alpha value is -1.84. The summed E-state index contributed by atoms with van der Waals surface area (Å²) in [5.74, 6) is 0.0116. The molecule has 0 spiro atoms. The van der Waals surface area contributed by atoms with E-state index in [1.54, 1.807) is 0 Å². The molecule has 1 aromatic rings. The standard InChI is InChI=1S/C18H26N2O2/c1-2-8-17(21)19-14-18(22)20-12-7-6-11-16(20)13-15-9-4-3-5-10-15/h3-5,9-10,16H,2,6-8,11-14H2,1H3,(H,19,21)/t16-/m0/s1. The average Bonchev–Trinajstić information content (AvgIpc) is 2.54. The Morgan fingerprint density at radius 2 is 2.00 bits per heavy atom. The highest BCUT2D eigenvalue weighted by atomic mass is 16.2. The van der Waals surface area contributed by atoms with Crippen LogP contribution in [0.4, 0.5) is 0 Å². The highest BCUT2D eigenvalue weighted by Crippen LogP contribution is 2.20. The van der Waals surface area contributed by atoms with Gasteiger partial charge in [-0.15, -0.1) is 0 Å². The Labute approximate surface area is 132 Å². The maximum atomic E-state index is 12.4. The van der Waals surface area contributed by atoms with Gasteiger partial charge in [0.15, 0.2) is 0 Å². The van der Waals surface area contributed by atoms with Crippen LogP contribution in [0.15, 0.2) is 30.3 Å². The molecule has 1 aliphatic rings. The van der Waals surface area contributed by atoms with Gasteiger partial charge >= 0.3 is 0 Å². The highest BCUT2D eigenvalue weighted by molar-refractivity contribution is 5.84. The first kappa shape index (κ1) is 16.5.